The molecule has 4 nitrogen and oxygen atoms in total. The highest BCUT2D eigenvalue weighted by molar-refractivity contribution is 7.91. The van der Waals surface area contributed by atoms with E-state index in [1.807, 2.05) is 0 Å². The lowest BCUT2D eigenvalue weighted by molar-refractivity contribution is 0.138. The quantitative estimate of drug-likeness (QED) is 0.843. The maximum atomic E-state index is 11.3. The summed E-state index contributed by atoms with van der Waals surface area (Å²) in [6, 6.07) is 6.16. The number of hydrogen-bond donors (Lipinski definition) is 2. The van der Waals surface area contributed by atoms with Gasteiger partial charge in [0.1, 0.15) is 5.25 Å². The van der Waals surface area contributed by atoms with Crippen molar-refractivity contribution in [1.29, 1.82) is 0 Å². The van der Waals surface area contributed by atoms with E-state index in [4.69, 9.17) is 16.7 Å². The van der Waals surface area contributed by atoms with Crippen molar-refractivity contribution in [1.82, 2.24) is 0 Å². The number of aliphatic hydroxyl groups excluding tert-OH is 2. The second kappa shape index (κ2) is 5.14. The van der Waals surface area contributed by atoms with Gasteiger partial charge < -0.3 is 10.2 Å². The van der Waals surface area contributed by atoms with Crippen LogP contribution in [0.5, 0.6) is 0 Å². The first-order valence-corrected chi connectivity index (χ1v) is 6.92. The van der Waals surface area contributed by atoms with Crippen LogP contribution in [0, 0.1) is 0 Å². The summed E-state index contributed by atoms with van der Waals surface area (Å²) in [4.78, 5) is 0. The van der Waals surface area contributed by atoms with Crippen LogP contribution in [0.4, 0.5) is 0 Å². The third kappa shape index (κ3) is 3.18. The zero-order chi connectivity index (χ0) is 12.3. The van der Waals surface area contributed by atoms with Gasteiger partial charge in [-0.05, 0) is 17.7 Å². The van der Waals surface area contributed by atoms with Crippen molar-refractivity contribution in [2.75, 3.05) is 12.9 Å². The molecule has 0 aliphatic heterocycles. The van der Waals surface area contributed by atoms with Crippen LogP contribution in [0.3, 0.4) is 0 Å². The standard InChI is InChI=1S/C10H13ClO4S/c1-16(14,15)9(6-12)10(13)7-2-4-8(11)5-3-7/h2-5,9-10,12-13H,6H2,1H3/t9-,10+/m0/s1. The van der Waals surface area contributed by atoms with Crippen molar-refractivity contribution >= 4 is 21.4 Å². The van der Waals surface area contributed by atoms with E-state index in [1.54, 1.807) is 12.1 Å². The second-order valence-corrected chi connectivity index (χ2v) is 6.25. The highest BCUT2D eigenvalue weighted by atomic mass is 35.5. The lowest BCUT2D eigenvalue weighted by Crippen LogP contribution is -2.31. The summed E-state index contributed by atoms with van der Waals surface area (Å²) in [6.45, 7) is -0.622. The molecule has 6 heteroatoms. The van der Waals surface area contributed by atoms with Gasteiger partial charge in [0, 0.05) is 11.3 Å². The molecule has 0 bridgehead atoms. The SMILES string of the molecule is CS(=O)(=O)[C@@H](CO)[C@H](O)c1ccc(Cl)cc1. The molecule has 2 atom stereocenters. The molecule has 1 aromatic rings. The highest BCUT2D eigenvalue weighted by Crippen LogP contribution is 2.23. The molecule has 1 rings (SSSR count). The van der Waals surface area contributed by atoms with E-state index in [9.17, 15) is 13.5 Å². The Morgan fingerprint density at radius 3 is 2.19 bits per heavy atom. The first kappa shape index (κ1) is 13.4. The monoisotopic (exact) mass is 264 g/mol. The first-order valence-electron chi connectivity index (χ1n) is 4.59. The van der Waals surface area contributed by atoms with Crippen LogP contribution in [-0.4, -0.2) is 36.7 Å². The van der Waals surface area contributed by atoms with E-state index in [0.29, 0.717) is 10.6 Å². The Morgan fingerprint density at radius 1 is 1.31 bits per heavy atom. The summed E-state index contributed by atoms with van der Waals surface area (Å²) < 4.78 is 22.6. The fraction of sp³-hybridized carbons (Fsp3) is 0.400. The zero-order valence-corrected chi connectivity index (χ0v) is 10.2. The van der Waals surface area contributed by atoms with Crippen LogP contribution < -0.4 is 0 Å². The lowest BCUT2D eigenvalue weighted by Gasteiger charge is -2.19. The molecular formula is C10H13ClO4S. The Hall–Kier alpha value is -0.620. The molecule has 0 fully saturated rings. The molecule has 0 radical (unpaired) electrons. The Balaban J connectivity index is 3.00. The van der Waals surface area contributed by atoms with Gasteiger partial charge in [-0.2, -0.15) is 0 Å². The van der Waals surface area contributed by atoms with Crippen LogP contribution in [0.25, 0.3) is 0 Å². The van der Waals surface area contributed by atoms with Gasteiger partial charge in [-0.3, -0.25) is 0 Å². The van der Waals surface area contributed by atoms with E-state index in [-0.39, 0.29) is 0 Å². The number of halogens is 1. The average molecular weight is 265 g/mol. The number of hydrogen-bond acceptors (Lipinski definition) is 4. The van der Waals surface area contributed by atoms with Gasteiger partial charge in [0.15, 0.2) is 9.84 Å². The van der Waals surface area contributed by atoms with Crippen molar-refractivity contribution in [3.8, 4) is 0 Å². The van der Waals surface area contributed by atoms with Crippen LogP contribution >= 0.6 is 11.6 Å². The van der Waals surface area contributed by atoms with E-state index in [1.165, 1.54) is 12.1 Å². The van der Waals surface area contributed by atoms with Crippen molar-refractivity contribution in [2.24, 2.45) is 0 Å². The summed E-state index contributed by atoms with van der Waals surface area (Å²) in [5, 5.41) is 18.1. The second-order valence-electron chi connectivity index (χ2n) is 3.55. The van der Waals surface area contributed by atoms with Crippen molar-refractivity contribution in [3.63, 3.8) is 0 Å². The molecule has 0 heterocycles. The summed E-state index contributed by atoms with van der Waals surface area (Å²) >= 11 is 5.67. The molecular weight excluding hydrogens is 252 g/mol. The van der Waals surface area contributed by atoms with Crippen LogP contribution in [0.1, 0.15) is 11.7 Å². The van der Waals surface area contributed by atoms with E-state index in [2.05, 4.69) is 0 Å². The maximum absolute atomic E-state index is 11.3. The minimum Gasteiger partial charge on any atom is -0.395 e. The number of aliphatic hydroxyl groups is 2. The molecule has 0 saturated heterocycles. The Bertz CT molecular complexity index is 440. The third-order valence-corrected chi connectivity index (χ3v) is 4.05. The summed E-state index contributed by atoms with van der Waals surface area (Å²) in [6.07, 6.45) is -0.273. The van der Waals surface area contributed by atoms with Crippen molar-refractivity contribution in [2.45, 2.75) is 11.4 Å². The average Bonchev–Trinajstić information content (AvgIpc) is 2.17. The molecule has 0 aliphatic rings. The predicted octanol–water partition coefficient (Wildman–Crippen LogP) is 0.779. The normalized spacial score (nSPS) is 15.8. The van der Waals surface area contributed by atoms with Gasteiger partial charge in [-0.1, -0.05) is 23.7 Å². The molecule has 2 N–H and O–H groups in total. The van der Waals surface area contributed by atoms with Crippen LogP contribution in [0.15, 0.2) is 24.3 Å². The third-order valence-electron chi connectivity index (χ3n) is 2.29. The Morgan fingerprint density at radius 2 is 1.81 bits per heavy atom. The van der Waals surface area contributed by atoms with Gasteiger partial charge in [0.25, 0.3) is 0 Å². The molecule has 0 unspecified atom stereocenters. The van der Waals surface area contributed by atoms with Crippen LogP contribution in [-0.2, 0) is 9.84 Å². The van der Waals surface area contributed by atoms with Gasteiger partial charge in [-0.15, -0.1) is 0 Å². The topological polar surface area (TPSA) is 74.6 Å². The first-order chi connectivity index (χ1) is 7.36. The summed E-state index contributed by atoms with van der Waals surface area (Å²) in [7, 11) is -3.51. The minimum absolute atomic E-state index is 0.411. The maximum Gasteiger partial charge on any atom is 0.155 e. The van der Waals surface area contributed by atoms with Crippen molar-refractivity contribution < 1.29 is 18.6 Å². The lowest BCUT2D eigenvalue weighted by atomic mass is 10.1. The fourth-order valence-corrected chi connectivity index (χ4v) is 2.37. The zero-order valence-electron chi connectivity index (χ0n) is 8.67. The molecule has 16 heavy (non-hydrogen) atoms. The number of sulfone groups is 1. The Kier molecular flexibility index (Phi) is 4.32. The number of benzene rings is 1. The minimum atomic E-state index is -3.51. The summed E-state index contributed by atoms with van der Waals surface area (Å²) in [5.41, 5.74) is 0.411. The molecule has 1 aromatic carbocycles. The van der Waals surface area contributed by atoms with E-state index >= 15 is 0 Å². The van der Waals surface area contributed by atoms with E-state index in [0.717, 1.165) is 6.26 Å². The fourth-order valence-electron chi connectivity index (χ4n) is 1.34. The molecule has 0 aliphatic carbocycles. The molecule has 0 aromatic heterocycles. The van der Waals surface area contributed by atoms with Crippen LogP contribution in [0.2, 0.25) is 5.02 Å². The van der Waals surface area contributed by atoms with Gasteiger partial charge in [-0.25, -0.2) is 8.42 Å². The summed E-state index contributed by atoms with van der Waals surface area (Å²) in [5.74, 6) is 0. The van der Waals surface area contributed by atoms with E-state index < -0.39 is 27.8 Å². The smallest absolute Gasteiger partial charge is 0.155 e. The van der Waals surface area contributed by atoms with Gasteiger partial charge in [0.2, 0.25) is 0 Å². The Labute approximate surface area is 99.4 Å². The molecule has 0 amide bonds. The molecule has 0 spiro atoms. The molecule has 0 saturated carbocycles. The number of rotatable bonds is 4. The predicted molar refractivity (Wildman–Crippen MR) is 62.1 cm³/mol. The molecule has 90 valence electrons. The largest absolute Gasteiger partial charge is 0.395 e. The van der Waals surface area contributed by atoms with Gasteiger partial charge >= 0.3 is 0 Å². The highest BCUT2D eigenvalue weighted by Gasteiger charge is 2.29. The van der Waals surface area contributed by atoms with Gasteiger partial charge in [0.05, 0.1) is 12.7 Å². The van der Waals surface area contributed by atoms with Crippen molar-refractivity contribution in [3.05, 3.63) is 34.9 Å².